The highest BCUT2D eigenvalue weighted by Gasteiger charge is 1.94. The van der Waals surface area contributed by atoms with E-state index in [0.29, 0.717) is 0 Å². The molecule has 0 fully saturated rings. The number of benzene rings is 1. The third-order valence-electron chi connectivity index (χ3n) is 2.05. The maximum absolute atomic E-state index is 5.10. The molecule has 0 aliphatic rings. The van der Waals surface area contributed by atoms with Crippen LogP contribution >= 0.6 is 27.3 Å². The van der Waals surface area contributed by atoms with Gasteiger partial charge >= 0.3 is 0 Å². The molecule has 0 radical (unpaired) electrons. The van der Waals surface area contributed by atoms with Gasteiger partial charge in [-0.15, -0.1) is 11.3 Å². The van der Waals surface area contributed by atoms with E-state index in [-0.39, 0.29) is 0 Å². The van der Waals surface area contributed by atoms with Gasteiger partial charge in [-0.2, -0.15) is 0 Å². The molecule has 0 spiro atoms. The summed E-state index contributed by atoms with van der Waals surface area (Å²) in [5, 5.41) is 0. The van der Waals surface area contributed by atoms with Crippen LogP contribution in [-0.2, 0) is 0 Å². The summed E-state index contributed by atoms with van der Waals surface area (Å²) in [4.78, 5) is 5.25. The Balaban J connectivity index is 2.11. The van der Waals surface area contributed by atoms with E-state index < -0.39 is 0 Å². The highest BCUT2D eigenvalue weighted by atomic mass is 79.9. The van der Waals surface area contributed by atoms with E-state index >= 15 is 0 Å². The molecule has 0 aliphatic heterocycles. The first kappa shape index (κ1) is 11.4. The first-order valence-corrected chi connectivity index (χ1v) is 6.32. The third kappa shape index (κ3) is 2.93. The molecule has 0 N–H and O–H groups in total. The molecule has 1 aromatic heterocycles. The van der Waals surface area contributed by atoms with Crippen LogP contribution in [0.3, 0.4) is 0 Å². The normalized spacial score (nSPS) is 10.9. The summed E-state index contributed by atoms with van der Waals surface area (Å²) in [6.45, 7) is 0. The standard InChI is InChI=1S/C12H10BrNOS/c1-15-10-5-2-9(3-6-10)4-7-11-8-14-12(13)16-11/h2-8H,1H3/b7-4-. The van der Waals surface area contributed by atoms with Crippen molar-refractivity contribution in [2.75, 3.05) is 7.11 Å². The van der Waals surface area contributed by atoms with Crippen LogP contribution < -0.4 is 4.74 Å². The van der Waals surface area contributed by atoms with Crippen molar-refractivity contribution >= 4 is 39.4 Å². The Morgan fingerprint density at radius 2 is 2.00 bits per heavy atom. The van der Waals surface area contributed by atoms with Crippen molar-refractivity contribution in [1.29, 1.82) is 0 Å². The van der Waals surface area contributed by atoms with Gasteiger partial charge in [0.25, 0.3) is 0 Å². The van der Waals surface area contributed by atoms with E-state index in [4.69, 9.17) is 4.74 Å². The number of nitrogens with zero attached hydrogens (tertiary/aromatic N) is 1. The van der Waals surface area contributed by atoms with Crippen LogP contribution in [0.4, 0.5) is 0 Å². The van der Waals surface area contributed by atoms with Crippen molar-refractivity contribution in [2.45, 2.75) is 0 Å². The second-order valence-electron chi connectivity index (χ2n) is 3.12. The Hall–Kier alpha value is -1.13. The van der Waals surface area contributed by atoms with E-state index in [1.54, 1.807) is 18.4 Å². The summed E-state index contributed by atoms with van der Waals surface area (Å²) < 4.78 is 6.00. The maximum atomic E-state index is 5.10. The minimum absolute atomic E-state index is 0.873. The third-order valence-corrected chi connectivity index (χ3v) is 3.49. The largest absolute Gasteiger partial charge is 0.497 e. The molecule has 2 aromatic rings. The number of hydrogen-bond acceptors (Lipinski definition) is 3. The van der Waals surface area contributed by atoms with Gasteiger partial charge in [-0.05, 0) is 39.7 Å². The number of methoxy groups -OCH3 is 1. The predicted octanol–water partition coefficient (Wildman–Crippen LogP) is 4.08. The zero-order valence-electron chi connectivity index (χ0n) is 8.68. The van der Waals surface area contributed by atoms with Crippen LogP contribution in [0.1, 0.15) is 10.4 Å². The molecule has 2 nitrogen and oxygen atoms in total. The van der Waals surface area contributed by atoms with Crippen LogP contribution in [0.15, 0.2) is 34.4 Å². The number of ether oxygens (including phenoxy) is 1. The van der Waals surface area contributed by atoms with Crippen molar-refractivity contribution in [1.82, 2.24) is 4.98 Å². The Morgan fingerprint density at radius 1 is 1.25 bits per heavy atom. The van der Waals surface area contributed by atoms with Crippen molar-refractivity contribution < 1.29 is 4.74 Å². The zero-order chi connectivity index (χ0) is 11.4. The van der Waals surface area contributed by atoms with Crippen molar-refractivity contribution in [3.05, 3.63) is 44.8 Å². The average molecular weight is 296 g/mol. The van der Waals surface area contributed by atoms with E-state index in [1.807, 2.05) is 36.5 Å². The lowest BCUT2D eigenvalue weighted by atomic mass is 10.2. The predicted molar refractivity (Wildman–Crippen MR) is 71.7 cm³/mol. The minimum Gasteiger partial charge on any atom is -0.497 e. The Labute approximate surface area is 107 Å². The lowest BCUT2D eigenvalue weighted by molar-refractivity contribution is 0.415. The number of rotatable bonds is 3. The Bertz CT molecular complexity index is 490. The molecule has 16 heavy (non-hydrogen) atoms. The summed E-state index contributed by atoms with van der Waals surface area (Å²) in [5.74, 6) is 0.873. The molecular weight excluding hydrogens is 286 g/mol. The first-order valence-electron chi connectivity index (χ1n) is 4.71. The van der Waals surface area contributed by atoms with Crippen molar-refractivity contribution in [3.8, 4) is 5.75 Å². The molecule has 82 valence electrons. The lowest BCUT2D eigenvalue weighted by Crippen LogP contribution is -1.81. The van der Waals surface area contributed by atoms with Gasteiger partial charge in [-0.3, -0.25) is 0 Å². The topological polar surface area (TPSA) is 22.1 Å². The fourth-order valence-corrected chi connectivity index (χ4v) is 2.44. The van der Waals surface area contributed by atoms with E-state index in [9.17, 15) is 0 Å². The van der Waals surface area contributed by atoms with Gasteiger partial charge in [0.2, 0.25) is 0 Å². The van der Waals surface area contributed by atoms with Crippen molar-refractivity contribution in [3.63, 3.8) is 0 Å². The molecule has 1 heterocycles. The van der Waals surface area contributed by atoms with E-state index in [2.05, 4.69) is 27.0 Å². The van der Waals surface area contributed by atoms with Gasteiger partial charge in [0.1, 0.15) is 5.75 Å². The molecule has 2 rings (SSSR count). The summed E-state index contributed by atoms with van der Waals surface area (Å²) in [6, 6.07) is 7.93. The average Bonchev–Trinajstić information content (AvgIpc) is 2.73. The van der Waals surface area contributed by atoms with E-state index in [1.165, 1.54) is 0 Å². The summed E-state index contributed by atoms with van der Waals surface area (Å²) in [7, 11) is 1.67. The van der Waals surface area contributed by atoms with Crippen LogP contribution in [0.2, 0.25) is 0 Å². The summed E-state index contributed by atoms with van der Waals surface area (Å²) in [6.07, 6.45) is 5.94. The fourth-order valence-electron chi connectivity index (χ4n) is 1.23. The molecule has 1 aromatic carbocycles. The van der Waals surface area contributed by atoms with Gasteiger partial charge in [0.15, 0.2) is 3.92 Å². The molecular formula is C12H10BrNOS. The molecule has 0 saturated heterocycles. The summed E-state index contributed by atoms with van der Waals surface area (Å²) >= 11 is 4.94. The quantitative estimate of drug-likeness (QED) is 0.851. The van der Waals surface area contributed by atoms with Gasteiger partial charge in [0, 0.05) is 11.1 Å². The molecule has 4 heteroatoms. The second-order valence-corrected chi connectivity index (χ2v) is 5.46. The van der Waals surface area contributed by atoms with E-state index in [0.717, 1.165) is 20.1 Å². The lowest BCUT2D eigenvalue weighted by Gasteiger charge is -1.98. The van der Waals surface area contributed by atoms with Gasteiger partial charge in [-0.1, -0.05) is 18.2 Å². The van der Waals surface area contributed by atoms with Gasteiger partial charge < -0.3 is 4.74 Å². The zero-order valence-corrected chi connectivity index (χ0v) is 11.1. The SMILES string of the molecule is COc1ccc(/C=C\c2cnc(Br)s2)cc1. The Morgan fingerprint density at radius 3 is 2.56 bits per heavy atom. The highest BCUT2D eigenvalue weighted by molar-refractivity contribution is 9.11. The van der Waals surface area contributed by atoms with Gasteiger partial charge in [-0.25, -0.2) is 4.98 Å². The molecule has 0 amide bonds. The maximum Gasteiger partial charge on any atom is 0.159 e. The summed E-state index contributed by atoms with van der Waals surface area (Å²) in [5.41, 5.74) is 1.14. The minimum atomic E-state index is 0.873. The smallest absolute Gasteiger partial charge is 0.159 e. The number of halogens is 1. The van der Waals surface area contributed by atoms with Crippen molar-refractivity contribution in [2.24, 2.45) is 0 Å². The van der Waals surface area contributed by atoms with Crippen LogP contribution in [0.5, 0.6) is 5.75 Å². The number of thiazole rings is 1. The van der Waals surface area contributed by atoms with Crippen LogP contribution in [0.25, 0.3) is 12.2 Å². The monoisotopic (exact) mass is 295 g/mol. The molecule has 0 atom stereocenters. The number of hydrogen-bond donors (Lipinski definition) is 0. The fraction of sp³-hybridized carbons (Fsp3) is 0.0833. The first-order chi connectivity index (χ1) is 7.78. The molecule has 0 aliphatic carbocycles. The van der Waals surface area contributed by atoms with Gasteiger partial charge in [0.05, 0.1) is 7.11 Å². The molecule has 0 bridgehead atoms. The molecule has 0 unspecified atom stereocenters. The molecule has 0 saturated carbocycles. The Kier molecular flexibility index (Phi) is 3.74. The van der Waals surface area contributed by atoms with Crippen LogP contribution in [0, 0.1) is 0 Å². The second kappa shape index (κ2) is 5.27. The highest BCUT2D eigenvalue weighted by Crippen LogP contribution is 2.21. The van der Waals surface area contributed by atoms with Crippen LogP contribution in [-0.4, -0.2) is 12.1 Å². The number of aromatic nitrogens is 1.